The van der Waals surface area contributed by atoms with E-state index in [1.807, 2.05) is 12.1 Å². The predicted octanol–water partition coefficient (Wildman–Crippen LogP) is 6.34. The van der Waals surface area contributed by atoms with Gasteiger partial charge >= 0.3 is 0 Å². The summed E-state index contributed by atoms with van der Waals surface area (Å²) in [6.07, 6.45) is 7.48. The molecule has 270 valence electrons. The molecule has 4 aromatic rings. The number of fused-ring (bicyclic) bond motifs is 2. The summed E-state index contributed by atoms with van der Waals surface area (Å²) < 4.78 is 31.8. The first-order chi connectivity index (χ1) is 23.1. The van der Waals surface area contributed by atoms with Crippen LogP contribution in [-0.2, 0) is 9.23 Å². The number of halogens is 3. The molecule has 2 aliphatic heterocycles. The van der Waals surface area contributed by atoms with Crippen LogP contribution in [0.5, 0.6) is 23.0 Å². The predicted molar refractivity (Wildman–Crippen MR) is 198 cm³/mol. The van der Waals surface area contributed by atoms with Crippen LogP contribution in [0.15, 0.2) is 41.7 Å². The van der Waals surface area contributed by atoms with Crippen LogP contribution in [-0.4, -0.2) is 102 Å². The highest BCUT2D eigenvalue weighted by Crippen LogP contribution is 2.35. The number of hydrogen-bond donors (Lipinski definition) is 1. The Balaban J connectivity index is 0.000000235. The van der Waals surface area contributed by atoms with Gasteiger partial charge in [-0.3, -0.25) is 4.79 Å². The van der Waals surface area contributed by atoms with Crippen molar-refractivity contribution < 1.29 is 23.2 Å². The third-order valence-electron chi connectivity index (χ3n) is 8.42. The second-order valence-corrected chi connectivity index (χ2v) is 14.6. The fraction of sp³-hybridized carbons (Fsp3) is 0.515. The van der Waals surface area contributed by atoms with Crippen molar-refractivity contribution in [3.8, 4) is 23.0 Å². The van der Waals surface area contributed by atoms with Gasteiger partial charge in [0.15, 0.2) is 23.0 Å². The summed E-state index contributed by atoms with van der Waals surface area (Å²) >= 11 is 6.10. The molecule has 2 aromatic heterocycles. The summed E-state index contributed by atoms with van der Waals surface area (Å²) in [6, 6.07) is 7.17. The van der Waals surface area contributed by atoms with Crippen molar-refractivity contribution in [2.75, 3.05) is 67.7 Å². The zero-order valence-corrected chi connectivity index (χ0v) is 30.5. The molecule has 49 heavy (non-hydrogen) atoms. The summed E-state index contributed by atoms with van der Waals surface area (Å²) in [5.74, 6) is 3.74. The summed E-state index contributed by atoms with van der Waals surface area (Å²) in [5.41, 5.74) is 1.20. The van der Waals surface area contributed by atoms with Gasteiger partial charge in [-0.1, -0.05) is 19.0 Å². The minimum absolute atomic E-state index is 0. The van der Waals surface area contributed by atoms with Gasteiger partial charge in [0, 0.05) is 38.9 Å². The molecule has 0 saturated carbocycles. The molecule has 2 fully saturated rings. The number of hydrogen-bond acceptors (Lipinski definition) is 11. The third-order valence-corrected chi connectivity index (χ3v) is 8.72. The number of rotatable bonds is 8. The fourth-order valence-corrected chi connectivity index (χ4v) is 5.72. The quantitative estimate of drug-likeness (QED) is 0.159. The fourth-order valence-electron chi connectivity index (χ4n) is 5.53. The minimum Gasteiger partial charge on any atom is -0.493 e. The SMILES string of the molecule is C.COc1cc2c(=O)[nH]cnc2cc1OCC1CCN(C)CC1.COc1cc2c(Cl)ncnc2cc1OCC1CCN(C)CC1.O=S(Cl)Cl. The summed E-state index contributed by atoms with van der Waals surface area (Å²) in [4.78, 5) is 31.5. The van der Waals surface area contributed by atoms with E-state index in [4.69, 9.17) is 34.8 Å². The number of H-pyrrole nitrogens is 1. The number of aromatic nitrogens is 4. The maximum absolute atomic E-state index is 11.8. The Morgan fingerprint density at radius 2 is 1.22 bits per heavy atom. The number of nitrogens with one attached hydrogen (secondary N) is 1. The Kier molecular flexibility index (Phi) is 16.6. The van der Waals surface area contributed by atoms with Gasteiger partial charge in [0.2, 0.25) is 9.23 Å². The first-order valence-electron chi connectivity index (χ1n) is 15.5. The normalized spacial score (nSPS) is 15.8. The zero-order chi connectivity index (χ0) is 34.6. The maximum Gasteiger partial charge on any atom is 0.258 e. The number of aromatic amines is 1. The molecule has 0 unspecified atom stereocenters. The summed E-state index contributed by atoms with van der Waals surface area (Å²) in [5, 5.41) is 1.70. The molecule has 12 nitrogen and oxygen atoms in total. The van der Waals surface area contributed by atoms with Crippen LogP contribution in [0.2, 0.25) is 5.15 Å². The molecule has 2 aromatic carbocycles. The van der Waals surface area contributed by atoms with Crippen LogP contribution in [0.4, 0.5) is 0 Å². The zero-order valence-electron chi connectivity index (χ0n) is 27.4. The van der Waals surface area contributed by atoms with Crippen molar-refractivity contribution in [2.24, 2.45) is 11.8 Å². The van der Waals surface area contributed by atoms with Crippen molar-refractivity contribution in [3.63, 3.8) is 0 Å². The molecule has 0 amide bonds. The van der Waals surface area contributed by atoms with E-state index < -0.39 is 9.23 Å². The lowest BCUT2D eigenvalue weighted by Crippen LogP contribution is -2.32. The highest BCUT2D eigenvalue weighted by Gasteiger charge is 2.20. The molecule has 0 aliphatic carbocycles. The smallest absolute Gasteiger partial charge is 0.258 e. The molecule has 1 N–H and O–H groups in total. The number of piperidine rings is 2. The van der Waals surface area contributed by atoms with Crippen molar-refractivity contribution in [2.45, 2.75) is 33.1 Å². The van der Waals surface area contributed by atoms with Crippen molar-refractivity contribution in [1.29, 1.82) is 0 Å². The maximum atomic E-state index is 11.8. The van der Waals surface area contributed by atoms with Gasteiger partial charge in [0.05, 0.1) is 50.2 Å². The summed E-state index contributed by atoms with van der Waals surface area (Å²) in [6.45, 7) is 5.85. The molecule has 16 heteroatoms. The molecule has 4 heterocycles. The minimum atomic E-state index is -1.67. The van der Waals surface area contributed by atoms with Crippen LogP contribution < -0.4 is 24.5 Å². The van der Waals surface area contributed by atoms with Gasteiger partial charge in [-0.25, -0.2) is 19.2 Å². The van der Waals surface area contributed by atoms with E-state index in [9.17, 15) is 4.79 Å². The van der Waals surface area contributed by atoms with Crippen LogP contribution in [0.1, 0.15) is 33.1 Å². The Bertz CT molecular complexity index is 1710. The lowest BCUT2D eigenvalue weighted by atomic mass is 9.98. The van der Waals surface area contributed by atoms with Crippen molar-refractivity contribution in [1.82, 2.24) is 29.7 Å². The molecular formula is C33H45Cl3N6O6S. The number of ether oxygens (including phenoxy) is 4. The molecule has 2 saturated heterocycles. The molecule has 0 bridgehead atoms. The van der Waals surface area contributed by atoms with Crippen molar-refractivity contribution >= 4 is 64.0 Å². The van der Waals surface area contributed by atoms with Gasteiger partial charge < -0.3 is 33.7 Å². The Morgan fingerprint density at radius 1 is 0.776 bits per heavy atom. The monoisotopic (exact) mass is 758 g/mol. The topological polar surface area (TPSA) is 132 Å². The van der Waals surface area contributed by atoms with Gasteiger partial charge in [-0.15, -0.1) is 0 Å². The van der Waals surface area contributed by atoms with E-state index in [1.54, 1.807) is 26.4 Å². The van der Waals surface area contributed by atoms with Gasteiger partial charge in [-0.05, 0) is 89.9 Å². The third kappa shape index (κ3) is 12.1. The number of benzene rings is 2. The molecule has 0 radical (unpaired) electrons. The summed E-state index contributed by atoms with van der Waals surface area (Å²) in [7, 11) is 14.9. The number of methoxy groups -OCH3 is 2. The second kappa shape index (κ2) is 20.0. The van der Waals surface area contributed by atoms with Crippen LogP contribution in [0, 0.1) is 11.8 Å². The van der Waals surface area contributed by atoms with E-state index >= 15 is 0 Å². The van der Waals surface area contributed by atoms with Gasteiger partial charge in [0.25, 0.3) is 5.56 Å². The van der Waals surface area contributed by atoms with E-state index in [-0.39, 0.29) is 13.0 Å². The van der Waals surface area contributed by atoms with Crippen LogP contribution in [0.3, 0.4) is 0 Å². The number of nitrogens with zero attached hydrogens (tertiary/aromatic N) is 5. The molecule has 0 spiro atoms. The Labute approximate surface area is 303 Å². The van der Waals surface area contributed by atoms with E-state index in [1.165, 1.54) is 25.5 Å². The Hall–Kier alpha value is -2.94. The van der Waals surface area contributed by atoms with E-state index in [0.29, 0.717) is 64.1 Å². The molecule has 6 rings (SSSR count). The van der Waals surface area contributed by atoms with E-state index in [2.05, 4.69) is 65.2 Å². The molecular weight excluding hydrogens is 715 g/mol. The molecule has 2 aliphatic rings. The van der Waals surface area contributed by atoms with Gasteiger partial charge in [-0.2, -0.15) is 0 Å². The number of likely N-dealkylation sites (tertiary alicyclic amines) is 2. The van der Waals surface area contributed by atoms with Gasteiger partial charge in [0.1, 0.15) is 11.5 Å². The highest BCUT2D eigenvalue weighted by atomic mass is 36.0. The van der Waals surface area contributed by atoms with E-state index in [0.717, 1.165) is 49.9 Å². The highest BCUT2D eigenvalue weighted by molar-refractivity contribution is 8.26. The lowest BCUT2D eigenvalue weighted by Gasteiger charge is -2.28. The first-order valence-corrected chi connectivity index (χ1v) is 18.7. The average molecular weight is 760 g/mol. The van der Waals surface area contributed by atoms with Crippen LogP contribution in [0.25, 0.3) is 21.8 Å². The molecule has 0 atom stereocenters. The first kappa shape index (κ1) is 40.5. The average Bonchev–Trinajstić information content (AvgIpc) is 3.07. The van der Waals surface area contributed by atoms with Crippen LogP contribution >= 0.6 is 33.0 Å². The standard InChI is InChI=1S/C16H20ClN3O2.C16H21N3O3.CH4.Cl2OS/c1-20-5-3-11(4-6-20)9-22-15-8-13-12(7-14(15)21-2)16(17)19-10-18-13;1-19-5-3-11(4-6-19)9-22-15-8-13-12(7-14(15)21-2)16(20)18-10-17-13;;1-4(2)3/h7-8,10-11H,3-6,9H2,1-2H3;7-8,10-11H,3-6,9H2,1-2H3,(H,17,18,20);1H4;. The Morgan fingerprint density at radius 3 is 1.69 bits per heavy atom. The lowest BCUT2D eigenvalue weighted by molar-refractivity contribution is 0.157. The largest absolute Gasteiger partial charge is 0.493 e. The second-order valence-electron chi connectivity index (χ2n) is 11.7. The van der Waals surface area contributed by atoms with Crippen molar-refractivity contribution in [3.05, 3.63) is 52.4 Å².